The molecule has 0 aliphatic heterocycles. The fourth-order valence-corrected chi connectivity index (χ4v) is 1.98. The highest BCUT2D eigenvalue weighted by Gasteiger charge is 2.35. The zero-order valence-corrected chi connectivity index (χ0v) is 12.1. The normalized spacial score (nSPS) is 12.1. The summed E-state index contributed by atoms with van der Waals surface area (Å²) in [5.74, 6) is 0. The molecule has 1 N–H and O–H groups in total. The fraction of sp³-hybridized carbons (Fsp3) is 0.583. The number of nitrogens with one attached hydrogen (secondary N) is 1. The number of alkyl halides is 3. The third-order valence-corrected chi connectivity index (χ3v) is 3.15. The van der Waals surface area contributed by atoms with Gasteiger partial charge in [0.25, 0.3) is 0 Å². The number of rotatable bonds is 5. The maximum absolute atomic E-state index is 12.8. The third-order valence-electron chi connectivity index (χ3n) is 3.15. The summed E-state index contributed by atoms with van der Waals surface area (Å²) in [5.41, 5.74) is 0.882. The Bertz CT molecular complexity index is 613. The molecule has 0 bridgehead atoms. The van der Waals surface area contributed by atoms with Crippen LogP contribution in [0.1, 0.15) is 29.6 Å². The SMILES string of the molecule is CCn1nc(C)c(CNCc2c(C(F)(F)F)cnn2C)n1. The maximum atomic E-state index is 12.8. The number of aryl methyl sites for hydroxylation is 3. The minimum Gasteiger partial charge on any atom is -0.305 e. The largest absolute Gasteiger partial charge is 0.419 e. The molecule has 0 saturated heterocycles. The van der Waals surface area contributed by atoms with Crippen molar-refractivity contribution in [2.45, 2.75) is 39.7 Å². The summed E-state index contributed by atoms with van der Waals surface area (Å²) in [6.45, 7) is 4.81. The van der Waals surface area contributed by atoms with Gasteiger partial charge in [0.2, 0.25) is 0 Å². The van der Waals surface area contributed by atoms with Gasteiger partial charge in [-0.05, 0) is 13.8 Å². The lowest BCUT2D eigenvalue weighted by Crippen LogP contribution is -2.19. The molecule has 2 heterocycles. The summed E-state index contributed by atoms with van der Waals surface area (Å²) in [6.07, 6.45) is -3.55. The van der Waals surface area contributed by atoms with Gasteiger partial charge in [0.1, 0.15) is 0 Å². The molecule has 0 unspecified atom stereocenters. The second-order valence-electron chi connectivity index (χ2n) is 4.65. The van der Waals surface area contributed by atoms with Crippen LogP contribution in [0.15, 0.2) is 6.20 Å². The van der Waals surface area contributed by atoms with Gasteiger partial charge in [0, 0.05) is 20.1 Å². The second kappa shape index (κ2) is 5.84. The van der Waals surface area contributed by atoms with Gasteiger partial charge < -0.3 is 5.32 Å². The van der Waals surface area contributed by atoms with Crippen molar-refractivity contribution in [1.29, 1.82) is 0 Å². The summed E-state index contributed by atoms with van der Waals surface area (Å²) in [6, 6.07) is 0. The Labute approximate surface area is 119 Å². The molecule has 116 valence electrons. The topological polar surface area (TPSA) is 60.6 Å². The Morgan fingerprint density at radius 2 is 1.95 bits per heavy atom. The van der Waals surface area contributed by atoms with Crippen molar-refractivity contribution in [1.82, 2.24) is 30.1 Å². The van der Waals surface area contributed by atoms with E-state index in [1.165, 1.54) is 11.7 Å². The van der Waals surface area contributed by atoms with Gasteiger partial charge in [0.15, 0.2) is 0 Å². The van der Waals surface area contributed by atoms with Crippen molar-refractivity contribution < 1.29 is 13.2 Å². The van der Waals surface area contributed by atoms with Crippen LogP contribution in [0.25, 0.3) is 0 Å². The van der Waals surface area contributed by atoms with Gasteiger partial charge in [-0.25, -0.2) is 0 Å². The molecule has 2 aromatic heterocycles. The zero-order valence-electron chi connectivity index (χ0n) is 12.1. The minimum absolute atomic E-state index is 0.0593. The van der Waals surface area contributed by atoms with E-state index in [2.05, 4.69) is 20.6 Å². The molecule has 0 aliphatic carbocycles. The van der Waals surface area contributed by atoms with Crippen molar-refractivity contribution >= 4 is 0 Å². The quantitative estimate of drug-likeness (QED) is 0.912. The van der Waals surface area contributed by atoms with E-state index < -0.39 is 11.7 Å². The smallest absolute Gasteiger partial charge is 0.305 e. The van der Waals surface area contributed by atoms with Crippen molar-refractivity contribution in [3.63, 3.8) is 0 Å². The van der Waals surface area contributed by atoms with E-state index in [1.54, 1.807) is 4.80 Å². The third kappa shape index (κ3) is 3.41. The van der Waals surface area contributed by atoms with Gasteiger partial charge >= 0.3 is 6.18 Å². The number of nitrogens with zero attached hydrogens (tertiary/aromatic N) is 5. The van der Waals surface area contributed by atoms with Crippen molar-refractivity contribution in [2.75, 3.05) is 0 Å². The molecule has 0 saturated carbocycles. The highest BCUT2D eigenvalue weighted by Crippen LogP contribution is 2.31. The first kappa shape index (κ1) is 15.5. The number of halogens is 3. The van der Waals surface area contributed by atoms with Gasteiger partial charge in [-0.2, -0.15) is 33.3 Å². The second-order valence-corrected chi connectivity index (χ2v) is 4.65. The van der Waals surface area contributed by atoms with Crippen LogP contribution < -0.4 is 5.32 Å². The van der Waals surface area contributed by atoms with Gasteiger partial charge in [-0.15, -0.1) is 0 Å². The Morgan fingerprint density at radius 3 is 2.52 bits per heavy atom. The van der Waals surface area contributed by atoms with Crippen LogP contribution in [0.2, 0.25) is 0 Å². The zero-order chi connectivity index (χ0) is 15.6. The van der Waals surface area contributed by atoms with Crippen LogP contribution in [0.4, 0.5) is 13.2 Å². The van der Waals surface area contributed by atoms with Crippen LogP contribution >= 0.6 is 0 Å². The lowest BCUT2D eigenvalue weighted by atomic mass is 10.2. The van der Waals surface area contributed by atoms with Crippen molar-refractivity contribution in [3.05, 3.63) is 28.8 Å². The van der Waals surface area contributed by atoms with E-state index in [4.69, 9.17) is 0 Å². The van der Waals surface area contributed by atoms with E-state index >= 15 is 0 Å². The van der Waals surface area contributed by atoms with E-state index in [0.29, 0.717) is 13.1 Å². The van der Waals surface area contributed by atoms with Gasteiger partial charge in [-0.3, -0.25) is 4.68 Å². The van der Waals surface area contributed by atoms with Crippen LogP contribution in [0.3, 0.4) is 0 Å². The Balaban J connectivity index is 2.04. The predicted octanol–water partition coefficient (Wildman–Crippen LogP) is 1.65. The standard InChI is InChI=1S/C12H17F3N6/c1-4-21-18-8(2)10(19-21)6-16-7-11-9(12(13,14)15)5-17-20(11)3/h5,16H,4,6-7H2,1-3H3. The molecule has 0 aliphatic rings. The molecule has 0 fully saturated rings. The van der Waals surface area contributed by atoms with Crippen LogP contribution in [-0.2, 0) is 32.9 Å². The highest BCUT2D eigenvalue weighted by molar-refractivity contribution is 5.21. The Kier molecular flexibility index (Phi) is 4.31. The van der Waals surface area contributed by atoms with E-state index in [0.717, 1.165) is 17.6 Å². The number of hydrogen-bond acceptors (Lipinski definition) is 4. The molecule has 9 heteroatoms. The lowest BCUT2D eigenvalue weighted by Gasteiger charge is -2.09. The van der Waals surface area contributed by atoms with Crippen LogP contribution in [0.5, 0.6) is 0 Å². The van der Waals surface area contributed by atoms with Crippen molar-refractivity contribution in [2.24, 2.45) is 7.05 Å². The van der Waals surface area contributed by atoms with Crippen molar-refractivity contribution in [3.8, 4) is 0 Å². The van der Waals surface area contributed by atoms with Gasteiger partial charge in [0.05, 0.1) is 35.4 Å². The molecule has 21 heavy (non-hydrogen) atoms. The minimum atomic E-state index is -4.40. The molecule has 0 atom stereocenters. The summed E-state index contributed by atoms with van der Waals surface area (Å²) >= 11 is 0. The molecule has 2 aromatic rings. The first-order chi connectivity index (χ1) is 9.82. The number of aromatic nitrogens is 5. The first-order valence-corrected chi connectivity index (χ1v) is 6.52. The molecule has 2 rings (SSSR count). The monoisotopic (exact) mass is 302 g/mol. The van der Waals surface area contributed by atoms with E-state index in [9.17, 15) is 13.2 Å². The Hall–Kier alpha value is -1.90. The summed E-state index contributed by atoms with van der Waals surface area (Å²) in [7, 11) is 1.49. The van der Waals surface area contributed by atoms with Crippen LogP contribution in [0, 0.1) is 6.92 Å². The predicted molar refractivity (Wildman–Crippen MR) is 69.2 cm³/mol. The summed E-state index contributed by atoms with van der Waals surface area (Å²) in [5, 5.41) is 15.1. The molecule has 0 radical (unpaired) electrons. The van der Waals surface area contributed by atoms with E-state index in [-0.39, 0.29) is 12.2 Å². The average Bonchev–Trinajstić information content (AvgIpc) is 2.93. The molecular formula is C12H17F3N6. The molecule has 0 spiro atoms. The summed E-state index contributed by atoms with van der Waals surface area (Å²) in [4.78, 5) is 1.55. The lowest BCUT2D eigenvalue weighted by molar-refractivity contribution is -0.138. The molecule has 0 aromatic carbocycles. The fourth-order valence-electron chi connectivity index (χ4n) is 1.98. The summed E-state index contributed by atoms with van der Waals surface area (Å²) < 4.78 is 39.7. The first-order valence-electron chi connectivity index (χ1n) is 6.52. The average molecular weight is 302 g/mol. The van der Waals surface area contributed by atoms with Gasteiger partial charge in [-0.1, -0.05) is 0 Å². The molecule has 6 nitrogen and oxygen atoms in total. The van der Waals surface area contributed by atoms with Crippen LogP contribution in [-0.4, -0.2) is 24.8 Å². The maximum Gasteiger partial charge on any atom is 0.419 e. The highest BCUT2D eigenvalue weighted by atomic mass is 19.4. The molecule has 0 amide bonds. The number of hydrogen-bond donors (Lipinski definition) is 1. The Morgan fingerprint density at radius 1 is 1.24 bits per heavy atom. The van der Waals surface area contributed by atoms with E-state index in [1.807, 2.05) is 13.8 Å². The molecular weight excluding hydrogens is 285 g/mol.